The molecule has 2 aliphatic rings. The normalized spacial score (nSPS) is 23.1. The molecule has 154 valence electrons. The highest BCUT2D eigenvalue weighted by Gasteiger charge is 2.43. The fourth-order valence-electron chi connectivity index (χ4n) is 3.84. The van der Waals surface area contributed by atoms with Gasteiger partial charge in [0.15, 0.2) is 5.13 Å². The topological polar surface area (TPSA) is 79.8 Å². The van der Waals surface area contributed by atoms with E-state index in [1.165, 1.54) is 16.9 Å². The lowest BCUT2D eigenvalue weighted by molar-refractivity contribution is -0.112. The Morgan fingerprint density at radius 2 is 2.10 bits per heavy atom. The van der Waals surface area contributed by atoms with E-state index >= 15 is 0 Å². The average Bonchev–Trinajstić information content (AvgIpc) is 3.15. The van der Waals surface area contributed by atoms with E-state index in [1.54, 1.807) is 25.0 Å². The van der Waals surface area contributed by atoms with Crippen LogP contribution in [-0.4, -0.2) is 27.9 Å². The lowest BCUT2D eigenvalue weighted by atomic mass is 10.0. The second-order valence-corrected chi connectivity index (χ2v) is 10.3. The van der Waals surface area contributed by atoms with Crippen molar-refractivity contribution in [2.75, 3.05) is 17.7 Å². The van der Waals surface area contributed by atoms with Crippen molar-refractivity contribution in [1.82, 2.24) is 15.0 Å². The molecule has 1 saturated carbocycles. The Morgan fingerprint density at radius 1 is 1.27 bits per heavy atom. The Hall–Kier alpha value is -2.16. The quantitative estimate of drug-likeness (QED) is 0.526. The van der Waals surface area contributed by atoms with E-state index in [-0.39, 0.29) is 11.2 Å². The smallest absolute Gasteiger partial charge is 0.263 e. The zero-order valence-electron chi connectivity index (χ0n) is 16.5. The van der Waals surface area contributed by atoms with Gasteiger partial charge in [-0.3, -0.25) is 10.1 Å². The van der Waals surface area contributed by atoms with Gasteiger partial charge in [-0.15, -0.1) is 11.8 Å². The number of para-hydroxylation sites is 1. The molecule has 6 nitrogen and oxygen atoms in total. The second kappa shape index (κ2) is 7.83. The summed E-state index contributed by atoms with van der Waals surface area (Å²) in [4.78, 5) is 27.4. The first-order valence-corrected chi connectivity index (χ1v) is 11.9. The van der Waals surface area contributed by atoms with Crippen LogP contribution in [0.1, 0.15) is 30.7 Å². The number of nitrogens with one attached hydrogen (secondary N) is 2. The highest BCUT2D eigenvalue weighted by atomic mass is 35.5. The number of hydrogen-bond acceptors (Lipinski definition) is 7. The lowest BCUT2D eigenvalue weighted by Crippen LogP contribution is -2.13. The van der Waals surface area contributed by atoms with Gasteiger partial charge < -0.3 is 5.32 Å². The van der Waals surface area contributed by atoms with E-state index in [9.17, 15) is 4.79 Å². The molecular formula is C21H20ClN5OS2. The van der Waals surface area contributed by atoms with Crippen LogP contribution in [0.25, 0.3) is 10.2 Å². The molecule has 1 amide bonds. The van der Waals surface area contributed by atoms with Crippen LogP contribution in [0.2, 0.25) is 5.02 Å². The second-order valence-electron chi connectivity index (χ2n) is 7.60. The van der Waals surface area contributed by atoms with E-state index in [0.29, 0.717) is 27.9 Å². The van der Waals surface area contributed by atoms with Gasteiger partial charge in [0, 0.05) is 13.2 Å². The first-order chi connectivity index (χ1) is 14.5. The summed E-state index contributed by atoms with van der Waals surface area (Å²) in [5.41, 5.74) is 2.92. The molecule has 3 unspecified atom stereocenters. The monoisotopic (exact) mass is 457 g/mol. The van der Waals surface area contributed by atoms with Gasteiger partial charge in [0.05, 0.1) is 25.6 Å². The molecule has 1 aliphatic heterocycles. The maximum Gasteiger partial charge on any atom is 0.263 e. The van der Waals surface area contributed by atoms with Crippen LogP contribution in [0, 0.1) is 11.8 Å². The minimum absolute atomic E-state index is 0.0883. The van der Waals surface area contributed by atoms with Crippen LogP contribution in [0.3, 0.4) is 0 Å². The molecule has 3 heterocycles. The Labute approximate surface area is 187 Å². The molecule has 1 fully saturated rings. The standard InChI is InChI=1S/C21H20ClN5OS2/c1-10-8-11(10)12-9-16(14-6-7-24-20(23-2)25-14)29-18(12)19(28)27-21-26-17-13(22)4-3-5-15(17)30-21/h3-7,10-11,16H,8-9H2,1-2H3,(H,23,24,25)(H,26,27,28). The zero-order chi connectivity index (χ0) is 20.8. The van der Waals surface area contributed by atoms with Crippen molar-refractivity contribution in [2.45, 2.75) is 25.0 Å². The van der Waals surface area contributed by atoms with Crippen molar-refractivity contribution >= 4 is 61.9 Å². The molecule has 30 heavy (non-hydrogen) atoms. The Balaban J connectivity index is 1.41. The summed E-state index contributed by atoms with van der Waals surface area (Å²) in [7, 11) is 1.81. The van der Waals surface area contributed by atoms with Gasteiger partial charge in [-0.05, 0) is 48.4 Å². The Morgan fingerprint density at radius 3 is 2.83 bits per heavy atom. The number of hydrogen-bond donors (Lipinski definition) is 2. The predicted molar refractivity (Wildman–Crippen MR) is 124 cm³/mol. The van der Waals surface area contributed by atoms with Crippen LogP contribution >= 0.6 is 34.7 Å². The summed E-state index contributed by atoms with van der Waals surface area (Å²) in [5, 5.41) is 7.28. The summed E-state index contributed by atoms with van der Waals surface area (Å²) in [5.74, 6) is 1.62. The highest BCUT2D eigenvalue weighted by Crippen LogP contribution is 2.56. The van der Waals surface area contributed by atoms with Crippen molar-refractivity contribution in [1.29, 1.82) is 0 Å². The SMILES string of the molecule is CNc1nccc(C2CC(C3CC3C)=C(C(=O)Nc3nc4c(Cl)cccc4s3)S2)n1. The Kier molecular flexibility index (Phi) is 5.16. The Bertz CT molecular complexity index is 1180. The zero-order valence-corrected chi connectivity index (χ0v) is 18.9. The fourth-order valence-corrected chi connectivity index (χ4v) is 6.34. The largest absolute Gasteiger partial charge is 0.357 e. The van der Waals surface area contributed by atoms with E-state index in [1.807, 2.05) is 24.3 Å². The van der Waals surface area contributed by atoms with Crippen LogP contribution < -0.4 is 10.6 Å². The van der Waals surface area contributed by atoms with Crippen LogP contribution in [-0.2, 0) is 4.79 Å². The number of carbonyl (C=O) groups excluding carboxylic acids is 1. The van der Waals surface area contributed by atoms with Gasteiger partial charge in [-0.25, -0.2) is 15.0 Å². The summed E-state index contributed by atoms with van der Waals surface area (Å²) in [6, 6.07) is 7.59. The van der Waals surface area contributed by atoms with Gasteiger partial charge in [-0.2, -0.15) is 0 Å². The van der Waals surface area contributed by atoms with E-state index in [2.05, 4.69) is 32.5 Å². The number of amides is 1. The maximum absolute atomic E-state index is 13.2. The number of anilines is 2. The average molecular weight is 458 g/mol. The molecule has 9 heteroatoms. The molecule has 3 aromatic rings. The number of fused-ring (bicyclic) bond motifs is 1. The minimum Gasteiger partial charge on any atom is -0.357 e. The van der Waals surface area contributed by atoms with E-state index < -0.39 is 0 Å². The third-order valence-electron chi connectivity index (χ3n) is 5.54. The fraction of sp³-hybridized carbons (Fsp3) is 0.333. The summed E-state index contributed by atoms with van der Waals surface area (Å²) in [6.07, 6.45) is 3.74. The van der Waals surface area contributed by atoms with Gasteiger partial charge in [0.1, 0.15) is 5.52 Å². The molecule has 1 aromatic carbocycles. The molecule has 0 spiro atoms. The summed E-state index contributed by atoms with van der Waals surface area (Å²) < 4.78 is 0.959. The number of thiazole rings is 1. The first kappa shape index (κ1) is 19.8. The summed E-state index contributed by atoms with van der Waals surface area (Å²) in [6.45, 7) is 2.24. The number of nitrogens with zero attached hydrogens (tertiary/aromatic N) is 3. The highest BCUT2D eigenvalue weighted by molar-refractivity contribution is 8.04. The number of allylic oxidation sites excluding steroid dienone is 1. The lowest BCUT2D eigenvalue weighted by Gasteiger charge is -2.10. The number of halogens is 1. The number of rotatable bonds is 5. The van der Waals surface area contributed by atoms with Gasteiger partial charge in [0.2, 0.25) is 5.95 Å². The molecule has 3 atom stereocenters. The summed E-state index contributed by atoms with van der Waals surface area (Å²) >= 11 is 9.27. The molecule has 0 saturated heterocycles. The van der Waals surface area contributed by atoms with E-state index in [0.717, 1.165) is 33.7 Å². The van der Waals surface area contributed by atoms with E-state index in [4.69, 9.17) is 11.6 Å². The van der Waals surface area contributed by atoms with Crippen molar-refractivity contribution in [3.63, 3.8) is 0 Å². The maximum atomic E-state index is 13.2. The third-order valence-corrected chi connectivity index (χ3v) is 8.16. The number of carbonyl (C=O) groups is 1. The predicted octanol–water partition coefficient (Wildman–Crippen LogP) is 5.51. The molecule has 5 rings (SSSR count). The third kappa shape index (κ3) is 3.68. The van der Waals surface area contributed by atoms with Crippen molar-refractivity contribution < 1.29 is 4.79 Å². The molecular weight excluding hydrogens is 438 g/mol. The molecule has 0 radical (unpaired) electrons. The molecule has 1 aliphatic carbocycles. The molecule has 2 aromatic heterocycles. The number of aromatic nitrogens is 3. The van der Waals surface area contributed by atoms with Crippen molar-refractivity contribution in [3.05, 3.63) is 51.7 Å². The van der Waals surface area contributed by atoms with Crippen LogP contribution in [0.4, 0.5) is 11.1 Å². The van der Waals surface area contributed by atoms with Crippen molar-refractivity contribution in [2.24, 2.45) is 11.8 Å². The molecule has 2 N–H and O–H groups in total. The number of thioether (sulfide) groups is 1. The molecule has 0 bridgehead atoms. The van der Waals surface area contributed by atoms with Crippen LogP contribution in [0.15, 0.2) is 40.9 Å². The van der Waals surface area contributed by atoms with Gasteiger partial charge in [-0.1, -0.05) is 35.9 Å². The van der Waals surface area contributed by atoms with Crippen LogP contribution in [0.5, 0.6) is 0 Å². The van der Waals surface area contributed by atoms with Gasteiger partial charge in [0.25, 0.3) is 5.91 Å². The van der Waals surface area contributed by atoms with Gasteiger partial charge >= 0.3 is 0 Å². The number of benzene rings is 1. The first-order valence-electron chi connectivity index (χ1n) is 9.80. The van der Waals surface area contributed by atoms with Crippen molar-refractivity contribution in [3.8, 4) is 0 Å². The minimum atomic E-state index is -0.0883.